The maximum absolute atomic E-state index is 12.7. The van der Waals surface area contributed by atoms with E-state index in [1.807, 2.05) is 0 Å². The maximum atomic E-state index is 12.7. The summed E-state index contributed by atoms with van der Waals surface area (Å²) in [6, 6.07) is 4.94. The van der Waals surface area contributed by atoms with Gasteiger partial charge in [0.1, 0.15) is 5.75 Å². The summed E-state index contributed by atoms with van der Waals surface area (Å²) in [5, 5.41) is 3.39. The predicted molar refractivity (Wildman–Crippen MR) is 101 cm³/mol. The minimum Gasteiger partial charge on any atom is -0.496 e. The predicted octanol–water partition coefficient (Wildman–Crippen LogP) is 2.41. The molecule has 27 heavy (non-hydrogen) atoms. The summed E-state index contributed by atoms with van der Waals surface area (Å²) in [4.78, 5) is 37.7. The van der Waals surface area contributed by atoms with Crippen LogP contribution < -0.4 is 10.1 Å². The molecule has 0 bridgehead atoms. The van der Waals surface area contributed by atoms with Gasteiger partial charge in [0.25, 0.3) is 5.91 Å². The molecule has 0 saturated carbocycles. The molecular weight excluding hydrogens is 372 g/mol. The Labute approximate surface area is 163 Å². The van der Waals surface area contributed by atoms with Gasteiger partial charge >= 0.3 is 5.97 Å². The summed E-state index contributed by atoms with van der Waals surface area (Å²) in [5.41, 5.74) is 0.432. The number of carbonyl (C=O) groups excluding carboxylic acids is 3. The van der Waals surface area contributed by atoms with E-state index >= 15 is 0 Å². The van der Waals surface area contributed by atoms with E-state index in [1.165, 1.54) is 7.11 Å². The second-order valence-electron chi connectivity index (χ2n) is 6.28. The van der Waals surface area contributed by atoms with Crippen LogP contribution in [0.3, 0.4) is 0 Å². The molecule has 0 unspecified atom stereocenters. The van der Waals surface area contributed by atoms with Crippen LogP contribution in [0, 0.1) is 0 Å². The van der Waals surface area contributed by atoms with Gasteiger partial charge in [-0.15, -0.1) is 0 Å². The molecule has 0 spiro atoms. The lowest BCUT2D eigenvalue weighted by Crippen LogP contribution is -2.46. The molecule has 0 radical (unpaired) electrons. The van der Waals surface area contributed by atoms with Crippen molar-refractivity contribution < 1.29 is 23.9 Å². The molecule has 148 valence electrons. The third-order valence-electron chi connectivity index (χ3n) is 4.40. The normalized spacial score (nSPS) is 14.6. The molecule has 1 aromatic rings. The Kier molecular flexibility index (Phi) is 7.91. The van der Waals surface area contributed by atoms with Gasteiger partial charge in [0.15, 0.2) is 0 Å². The van der Waals surface area contributed by atoms with Crippen LogP contribution in [0.4, 0.5) is 0 Å². The highest BCUT2D eigenvalue weighted by Gasteiger charge is 2.26. The number of likely N-dealkylation sites (tertiary alicyclic amines) is 1. The maximum Gasteiger partial charge on any atom is 0.306 e. The number of hydrogen-bond donors (Lipinski definition) is 1. The number of benzene rings is 1. The standard InChI is InChI=1S/C19H25ClN2O5/c1-3-27-18(24)7-6-17(23)21-14-8-10-22(11-9-14)19(25)15-12-13(20)4-5-16(15)26-2/h4-5,12,14H,3,6-11H2,1-2H3,(H,21,23). The molecule has 1 aliphatic rings. The molecule has 0 atom stereocenters. The Bertz CT molecular complexity index is 687. The molecule has 1 N–H and O–H groups in total. The zero-order valence-electron chi connectivity index (χ0n) is 15.6. The molecule has 1 aromatic carbocycles. The van der Waals surface area contributed by atoms with E-state index in [2.05, 4.69) is 5.32 Å². The number of esters is 1. The van der Waals surface area contributed by atoms with Crippen molar-refractivity contribution in [3.8, 4) is 5.75 Å². The molecule has 0 aliphatic carbocycles. The molecular formula is C19H25ClN2O5. The molecule has 2 amide bonds. The first kappa shape index (κ1) is 21.0. The van der Waals surface area contributed by atoms with E-state index in [4.69, 9.17) is 21.1 Å². The summed E-state index contributed by atoms with van der Waals surface area (Å²) in [6.45, 7) is 3.09. The lowest BCUT2D eigenvalue weighted by atomic mass is 10.0. The number of amides is 2. The van der Waals surface area contributed by atoms with Gasteiger partial charge in [-0.3, -0.25) is 14.4 Å². The van der Waals surface area contributed by atoms with Crippen LogP contribution in [-0.4, -0.2) is 55.5 Å². The smallest absolute Gasteiger partial charge is 0.306 e. The number of nitrogens with zero attached hydrogens (tertiary/aromatic N) is 1. The quantitative estimate of drug-likeness (QED) is 0.715. The Hall–Kier alpha value is -2.28. The van der Waals surface area contributed by atoms with Crippen molar-refractivity contribution in [2.45, 2.75) is 38.6 Å². The highest BCUT2D eigenvalue weighted by Crippen LogP contribution is 2.25. The number of methoxy groups -OCH3 is 1. The fraction of sp³-hybridized carbons (Fsp3) is 0.526. The van der Waals surface area contributed by atoms with Gasteiger partial charge in [-0.25, -0.2) is 0 Å². The lowest BCUT2D eigenvalue weighted by Gasteiger charge is -2.32. The molecule has 1 heterocycles. The SMILES string of the molecule is CCOC(=O)CCC(=O)NC1CCN(C(=O)c2cc(Cl)ccc2OC)CC1. The minimum atomic E-state index is -0.372. The molecule has 1 saturated heterocycles. The molecule has 1 aliphatic heterocycles. The van der Waals surface area contributed by atoms with Crippen molar-refractivity contribution in [1.82, 2.24) is 10.2 Å². The van der Waals surface area contributed by atoms with Crippen molar-refractivity contribution in [3.63, 3.8) is 0 Å². The van der Waals surface area contributed by atoms with E-state index in [9.17, 15) is 14.4 Å². The van der Waals surface area contributed by atoms with Gasteiger partial charge in [-0.05, 0) is 38.0 Å². The summed E-state index contributed by atoms with van der Waals surface area (Å²) >= 11 is 6.00. The second-order valence-corrected chi connectivity index (χ2v) is 6.72. The Morgan fingerprint density at radius 2 is 1.93 bits per heavy atom. The Morgan fingerprint density at radius 3 is 2.56 bits per heavy atom. The van der Waals surface area contributed by atoms with Gasteiger partial charge < -0.3 is 19.7 Å². The van der Waals surface area contributed by atoms with Gasteiger partial charge in [-0.2, -0.15) is 0 Å². The first-order valence-corrected chi connectivity index (χ1v) is 9.40. The zero-order chi connectivity index (χ0) is 19.8. The summed E-state index contributed by atoms with van der Waals surface area (Å²) < 4.78 is 10.1. The van der Waals surface area contributed by atoms with Crippen molar-refractivity contribution in [2.24, 2.45) is 0 Å². The highest BCUT2D eigenvalue weighted by atomic mass is 35.5. The monoisotopic (exact) mass is 396 g/mol. The Morgan fingerprint density at radius 1 is 1.22 bits per heavy atom. The average Bonchev–Trinajstić information content (AvgIpc) is 2.66. The molecule has 2 rings (SSSR count). The number of ether oxygens (including phenoxy) is 2. The Balaban J connectivity index is 1.83. The number of rotatable bonds is 7. The number of hydrogen-bond acceptors (Lipinski definition) is 5. The van der Waals surface area contributed by atoms with Crippen molar-refractivity contribution >= 4 is 29.4 Å². The average molecular weight is 397 g/mol. The van der Waals surface area contributed by atoms with Crippen LogP contribution in [0.2, 0.25) is 5.02 Å². The van der Waals surface area contributed by atoms with Crippen molar-refractivity contribution in [3.05, 3.63) is 28.8 Å². The van der Waals surface area contributed by atoms with Gasteiger partial charge in [-0.1, -0.05) is 11.6 Å². The van der Waals surface area contributed by atoms with E-state index in [1.54, 1.807) is 30.0 Å². The van der Waals surface area contributed by atoms with Gasteiger partial charge in [0.2, 0.25) is 5.91 Å². The van der Waals surface area contributed by atoms with E-state index in [0.717, 1.165) is 0 Å². The topological polar surface area (TPSA) is 84.9 Å². The molecule has 7 nitrogen and oxygen atoms in total. The number of carbonyl (C=O) groups is 3. The third-order valence-corrected chi connectivity index (χ3v) is 4.64. The van der Waals surface area contributed by atoms with E-state index < -0.39 is 0 Å². The fourth-order valence-corrected chi connectivity index (χ4v) is 3.17. The van der Waals surface area contributed by atoms with Crippen LogP contribution in [0.25, 0.3) is 0 Å². The van der Waals surface area contributed by atoms with Crippen LogP contribution in [-0.2, 0) is 14.3 Å². The minimum absolute atomic E-state index is 0.00926. The number of nitrogens with one attached hydrogen (secondary N) is 1. The lowest BCUT2D eigenvalue weighted by molar-refractivity contribution is -0.144. The van der Waals surface area contributed by atoms with Crippen LogP contribution in [0.1, 0.15) is 43.0 Å². The summed E-state index contributed by atoms with van der Waals surface area (Å²) in [7, 11) is 1.51. The first-order valence-electron chi connectivity index (χ1n) is 9.02. The first-order chi connectivity index (χ1) is 12.9. The number of piperidine rings is 1. The van der Waals surface area contributed by atoms with Gasteiger partial charge in [0, 0.05) is 30.6 Å². The van der Waals surface area contributed by atoms with E-state index in [-0.39, 0.29) is 36.7 Å². The summed E-state index contributed by atoms with van der Waals surface area (Å²) in [5.74, 6) is -0.201. The van der Waals surface area contributed by atoms with Gasteiger partial charge in [0.05, 0.1) is 25.7 Å². The zero-order valence-corrected chi connectivity index (χ0v) is 16.4. The largest absolute Gasteiger partial charge is 0.496 e. The molecule has 0 aromatic heterocycles. The van der Waals surface area contributed by atoms with Crippen LogP contribution >= 0.6 is 11.6 Å². The third kappa shape index (κ3) is 6.13. The van der Waals surface area contributed by atoms with Crippen molar-refractivity contribution in [1.29, 1.82) is 0 Å². The second kappa shape index (κ2) is 10.2. The van der Waals surface area contributed by atoms with Crippen molar-refractivity contribution in [2.75, 3.05) is 26.8 Å². The van der Waals surface area contributed by atoms with E-state index in [0.29, 0.717) is 48.9 Å². The highest BCUT2D eigenvalue weighted by molar-refractivity contribution is 6.31. The molecule has 1 fully saturated rings. The van der Waals surface area contributed by atoms with Crippen LogP contribution in [0.5, 0.6) is 5.75 Å². The van der Waals surface area contributed by atoms with Crippen LogP contribution in [0.15, 0.2) is 18.2 Å². The summed E-state index contributed by atoms with van der Waals surface area (Å²) in [6.07, 6.45) is 1.49. The number of halogens is 1. The fourth-order valence-electron chi connectivity index (χ4n) is 2.99. The molecule has 8 heteroatoms.